The van der Waals surface area contributed by atoms with Gasteiger partial charge >= 0.3 is 0 Å². The lowest BCUT2D eigenvalue weighted by molar-refractivity contribution is 0.0245. The molecular formula is C14H26BrO+. The first-order chi connectivity index (χ1) is 7.63. The lowest BCUT2D eigenvalue weighted by Gasteiger charge is -2.46. The van der Waals surface area contributed by atoms with Crippen molar-refractivity contribution in [3.8, 4) is 0 Å². The zero-order valence-electron chi connectivity index (χ0n) is 10.6. The maximum absolute atomic E-state index is 7.65. The number of rotatable bonds is 3. The molecule has 0 spiro atoms. The predicted octanol–water partition coefficient (Wildman–Crippen LogP) is 3.57. The number of fused-ring (bicyclic) bond motifs is 1. The van der Waals surface area contributed by atoms with Crippen LogP contribution in [0.3, 0.4) is 0 Å². The third-order valence-corrected chi connectivity index (χ3v) is 6.38. The van der Waals surface area contributed by atoms with Crippen molar-refractivity contribution in [2.75, 3.05) is 11.9 Å². The van der Waals surface area contributed by atoms with Crippen LogP contribution < -0.4 is 0 Å². The minimum atomic E-state index is 0.553. The van der Waals surface area contributed by atoms with E-state index in [1.807, 2.05) is 0 Å². The summed E-state index contributed by atoms with van der Waals surface area (Å²) in [5.74, 6) is 3.25. The van der Waals surface area contributed by atoms with Crippen LogP contribution in [0.4, 0.5) is 0 Å². The second kappa shape index (κ2) is 4.97. The normalized spacial score (nSPS) is 45.4. The first-order valence-electron chi connectivity index (χ1n) is 6.84. The van der Waals surface area contributed by atoms with Crippen LogP contribution in [0.25, 0.3) is 0 Å². The monoisotopic (exact) mass is 289 g/mol. The summed E-state index contributed by atoms with van der Waals surface area (Å²) in [6.45, 7) is 5.44. The zero-order valence-corrected chi connectivity index (χ0v) is 12.2. The lowest BCUT2D eigenvalue weighted by atomic mass is 9.60. The number of alkyl halides is 1. The van der Waals surface area contributed by atoms with E-state index in [9.17, 15) is 0 Å². The van der Waals surface area contributed by atoms with E-state index in [1.165, 1.54) is 37.4 Å². The highest BCUT2D eigenvalue weighted by atomic mass is 79.9. The van der Waals surface area contributed by atoms with E-state index < -0.39 is 0 Å². The Balaban J connectivity index is 2.17. The van der Waals surface area contributed by atoms with Gasteiger partial charge in [0, 0.05) is 11.2 Å². The van der Waals surface area contributed by atoms with Gasteiger partial charge in [0.15, 0.2) is 0 Å². The Hall–Kier alpha value is 0.440. The van der Waals surface area contributed by atoms with Crippen molar-refractivity contribution in [2.24, 2.45) is 29.1 Å². The molecule has 2 unspecified atom stereocenters. The highest BCUT2D eigenvalue weighted by Crippen LogP contribution is 2.59. The molecule has 0 amide bonds. The first kappa shape index (κ1) is 12.9. The largest absolute Gasteiger partial charge is 0.445 e. The Labute approximate surface area is 108 Å². The molecule has 5 atom stereocenters. The van der Waals surface area contributed by atoms with Crippen molar-refractivity contribution in [2.45, 2.75) is 46.0 Å². The minimum absolute atomic E-state index is 0.553. The van der Waals surface area contributed by atoms with Crippen molar-refractivity contribution in [3.63, 3.8) is 0 Å². The van der Waals surface area contributed by atoms with E-state index in [0.717, 1.165) is 17.8 Å². The maximum Gasteiger partial charge on any atom is 0.146 e. The quantitative estimate of drug-likeness (QED) is 0.560. The first-order valence-corrected chi connectivity index (χ1v) is 7.96. The molecule has 0 radical (unpaired) electrons. The Morgan fingerprint density at radius 2 is 2.12 bits per heavy atom. The summed E-state index contributed by atoms with van der Waals surface area (Å²) in [5, 5.41) is 8.84. The van der Waals surface area contributed by atoms with Crippen LogP contribution in [0, 0.1) is 29.1 Å². The van der Waals surface area contributed by atoms with Crippen LogP contribution in [-0.4, -0.2) is 17.0 Å². The average molecular weight is 290 g/mol. The van der Waals surface area contributed by atoms with Gasteiger partial charge in [-0.15, -0.1) is 0 Å². The fourth-order valence-corrected chi connectivity index (χ4v) is 5.42. The van der Waals surface area contributed by atoms with Crippen LogP contribution in [0.5, 0.6) is 0 Å². The van der Waals surface area contributed by atoms with Crippen molar-refractivity contribution >= 4 is 15.9 Å². The predicted molar refractivity (Wildman–Crippen MR) is 73.1 cm³/mol. The molecule has 2 aliphatic carbocycles. The third kappa shape index (κ3) is 1.96. The van der Waals surface area contributed by atoms with Gasteiger partial charge in [-0.1, -0.05) is 36.2 Å². The Kier molecular flexibility index (Phi) is 4.01. The summed E-state index contributed by atoms with van der Waals surface area (Å²) in [6.07, 6.45) is 7.04. The molecule has 94 valence electrons. The summed E-state index contributed by atoms with van der Waals surface area (Å²) in [7, 11) is 0. The molecule has 2 fully saturated rings. The molecule has 0 saturated heterocycles. The summed E-state index contributed by atoms with van der Waals surface area (Å²) >= 11 is 3.71. The smallest absolute Gasteiger partial charge is 0.146 e. The van der Waals surface area contributed by atoms with Gasteiger partial charge < -0.3 is 5.11 Å². The topological polar surface area (TPSA) is 22.9 Å². The molecule has 1 nitrogen and oxygen atoms in total. The fourth-order valence-electron chi connectivity index (χ4n) is 4.65. The zero-order chi connectivity index (χ0) is 11.8. The highest BCUT2D eigenvalue weighted by molar-refractivity contribution is 9.09. The summed E-state index contributed by atoms with van der Waals surface area (Å²) in [6, 6.07) is 0. The van der Waals surface area contributed by atoms with E-state index in [0.29, 0.717) is 17.9 Å². The van der Waals surface area contributed by atoms with Crippen molar-refractivity contribution < 1.29 is 5.11 Å². The van der Waals surface area contributed by atoms with Crippen molar-refractivity contribution in [1.29, 1.82) is 0 Å². The van der Waals surface area contributed by atoms with Gasteiger partial charge in [-0.2, -0.15) is 0 Å². The standard InChI is InChI=1S/C14H25BrO/c1-10(9-16)12-5-6-13-11(8-15)4-3-7-14(12,13)2/h10-13,16H,3-9H2,1-2H3/p+1/t10-,11?,12-,13?,14-/m1/s1. The summed E-state index contributed by atoms with van der Waals surface area (Å²) < 4.78 is 0. The molecule has 0 aliphatic heterocycles. The van der Waals surface area contributed by atoms with Gasteiger partial charge in [-0.05, 0) is 48.9 Å². The molecule has 2 aliphatic rings. The molecule has 0 aromatic carbocycles. The van der Waals surface area contributed by atoms with Crippen LogP contribution in [-0.2, 0) is 0 Å². The van der Waals surface area contributed by atoms with Gasteiger partial charge in [0.2, 0.25) is 0 Å². The minimum Gasteiger partial charge on any atom is -0.445 e. The van der Waals surface area contributed by atoms with E-state index >= 15 is 0 Å². The maximum atomic E-state index is 7.65. The average Bonchev–Trinajstić information content (AvgIpc) is 2.64. The van der Waals surface area contributed by atoms with E-state index in [2.05, 4.69) is 29.8 Å². The van der Waals surface area contributed by atoms with Gasteiger partial charge in [0.1, 0.15) is 6.61 Å². The Bertz CT molecular complexity index is 235. The summed E-state index contributed by atoms with van der Waals surface area (Å²) in [5.41, 5.74) is 0.553. The second-order valence-corrected chi connectivity index (χ2v) is 6.93. The highest BCUT2D eigenvalue weighted by Gasteiger charge is 2.52. The number of halogens is 1. The molecule has 0 aromatic rings. The van der Waals surface area contributed by atoms with Crippen molar-refractivity contribution in [3.05, 3.63) is 0 Å². The molecule has 0 aromatic heterocycles. The molecule has 2 N–H and O–H groups in total. The molecule has 0 heterocycles. The molecule has 2 saturated carbocycles. The SMILES string of the molecule is C[C@H](C[OH2+])[C@H]1CCC2C(CBr)CCC[C@@]21C. The Morgan fingerprint density at radius 3 is 2.75 bits per heavy atom. The Morgan fingerprint density at radius 1 is 1.38 bits per heavy atom. The second-order valence-electron chi connectivity index (χ2n) is 6.28. The lowest BCUT2D eigenvalue weighted by Crippen LogP contribution is -2.40. The van der Waals surface area contributed by atoms with E-state index in [1.54, 1.807) is 0 Å². The molecular weight excluding hydrogens is 264 g/mol. The van der Waals surface area contributed by atoms with Crippen LogP contribution in [0.2, 0.25) is 0 Å². The van der Waals surface area contributed by atoms with Gasteiger partial charge in [-0.3, -0.25) is 0 Å². The molecule has 2 heteroatoms. The number of hydrogen-bond acceptors (Lipinski definition) is 0. The molecule has 16 heavy (non-hydrogen) atoms. The van der Waals surface area contributed by atoms with Gasteiger partial charge in [-0.25, -0.2) is 0 Å². The van der Waals surface area contributed by atoms with E-state index in [4.69, 9.17) is 5.11 Å². The van der Waals surface area contributed by atoms with Gasteiger partial charge in [0.05, 0.1) is 0 Å². The van der Waals surface area contributed by atoms with Crippen LogP contribution in [0.15, 0.2) is 0 Å². The molecule has 2 rings (SSSR count). The summed E-state index contributed by atoms with van der Waals surface area (Å²) in [4.78, 5) is 0. The van der Waals surface area contributed by atoms with Crippen molar-refractivity contribution in [1.82, 2.24) is 0 Å². The number of hydrogen-bond donors (Lipinski definition) is 0. The van der Waals surface area contributed by atoms with E-state index in [-0.39, 0.29) is 0 Å². The molecule has 0 bridgehead atoms. The van der Waals surface area contributed by atoms with Crippen LogP contribution >= 0.6 is 15.9 Å². The van der Waals surface area contributed by atoms with Crippen LogP contribution in [0.1, 0.15) is 46.0 Å². The fraction of sp³-hybridized carbons (Fsp3) is 1.00. The third-order valence-electron chi connectivity index (χ3n) is 5.55. The van der Waals surface area contributed by atoms with Gasteiger partial charge in [0.25, 0.3) is 0 Å².